The topological polar surface area (TPSA) is 29.4 Å². The zero-order valence-electron chi connectivity index (χ0n) is 4.45. The Morgan fingerprint density at radius 2 is 2.62 bits per heavy atom. The lowest BCUT2D eigenvalue weighted by Gasteiger charge is -2.01. The fourth-order valence-electron chi connectivity index (χ4n) is 0.591. The number of hydrogen-bond acceptors (Lipinski definition) is 2. The van der Waals surface area contributed by atoms with E-state index < -0.39 is 0 Å². The van der Waals surface area contributed by atoms with E-state index in [2.05, 4.69) is 4.99 Å². The highest BCUT2D eigenvalue weighted by molar-refractivity contribution is 5.75. The van der Waals surface area contributed by atoms with Gasteiger partial charge in [-0.1, -0.05) is 6.08 Å². The van der Waals surface area contributed by atoms with Crippen LogP contribution in [0.15, 0.2) is 17.1 Å². The number of aliphatic imine (C=N–C) groups is 1. The van der Waals surface area contributed by atoms with E-state index in [0.717, 1.165) is 12.7 Å². The number of allylic oxidation sites excluding steroid dienone is 1. The first-order valence-electron chi connectivity index (χ1n) is 2.57. The van der Waals surface area contributed by atoms with Gasteiger partial charge in [0.25, 0.3) is 0 Å². The molecule has 0 amide bonds. The van der Waals surface area contributed by atoms with Gasteiger partial charge in [-0.25, -0.2) is 0 Å². The standard InChI is InChI=1S/C6H7NO/c8-5-6-3-1-2-4-7-6/h1-2,4-6H,3H2. The van der Waals surface area contributed by atoms with Gasteiger partial charge >= 0.3 is 0 Å². The van der Waals surface area contributed by atoms with Crippen molar-refractivity contribution in [1.82, 2.24) is 0 Å². The van der Waals surface area contributed by atoms with Crippen LogP contribution in [0.2, 0.25) is 0 Å². The van der Waals surface area contributed by atoms with Crippen molar-refractivity contribution in [3.05, 3.63) is 12.2 Å². The first kappa shape index (κ1) is 5.22. The molecule has 1 aliphatic heterocycles. The molecule has 42 valence electrons. The third kappa shape index (κ3) is 1.03. The fourth-order valence-corrected chi connectivity index (χ4v) is 0.591. The maximum Gasteiger partial charge on any atom is 0.144 e. The smallest absolute Gasteiger partial charge is 0.144 e. The minimum atomic E-state index is -0.111. The SMILES string of the molecule is O=CC1CC=CC=N1. The van der Waals surface area contributed by atoms with E-state index in [9.17, 15) is 4.79 Å². The molecule has 0 aromatic heterocycles. The lowest BCUT2D eigenvalue weighted by atomic mass is 10.2. The zero-order chi connectivity index (χ0) is 5.82. The van der Waals surface area contributed by atoms with Crippen molar-refractivity contribution in [2.75, 3.05) is 0 Å². The minimum absolute atomic E-state index is 0.111. The Labute approximate surface area is 47.9 Å². The summed E-state index contributed by atoms with van der Waals surface area (Å²) in [6, 6.07) is -0.111. The molecule has 0 fully saturated rings. The number of dihydropyridines is 1. The van der Waals surface area contributed by atoms with Gasteiger partial charge in [0, 0.05) is 6.21 Å². The van der Waals surface area contributed by atoms with Crippen molar-refractivity contribution in [3.63, 3.8) is 0 Å². The van der Waals surface area contributed by atoms with Crippen LogP contribution in [0.5, 0.6) is 0 Å². The van der Waals surface area contributed by atoms with Crippen molar-refractivity contribution < 1.29 is 4.79 Å². The van der Waals surface area contributed by atoms with E-state index in [1.807, 2.05) is 12.2 Å². The highest BCUT2D eigenvalue weighted by Gasteiger charge is 2.01. The summed E-state index contributed by atoms with van der Waals surface area (Å²) in [6.07, 6.45) is 7.06. The van der Waals surface area contributed by atoms with Crippen molar-refractivity contribution in [2.45, 2.75) is 12.5 Å². The van der Waals surface area contributed by atoms with Crippen molar-refractivity contribution in [1.29, 1.82) is 0 Å². The molecule has 0 saturated carbocycles. The van der Waals surface area contributed by atoms with Gasteiger partial charge in [0.15, 0.2) is 0 Å². The molecule has 2 heteroatoms. The van der Waals surface area contributed by atoms with Crippen LogP contribution < -0.4 is 0 Å². The number of rotatable bonds is 1. The highest BCUT2D eigenvalue weighted by atomic mass is 16.1. The molecule has 0 bridgehead atoms. The molecule has 0 aromatic carbocycles. The summed E-state index contributed by atoms with van der Waals surface area (Å²) in [5.74, 6) is 0. The Morgan fingerprint density at radius 1 is 1.75 bits per heavy atom. The van der Waals surface area contributed by atoms with Gasteiger partial charge in [-0.05, 0) is 12.5 Å². The lowest BCUT2D eigenvalue weighted by molar-refractivity contribution is -0.108. The number of carbonyl (C=O) groups is 1. The van der Waals surface area contributed by atoms with Gasteiger partial charge in [0.05, 0.1) is 0 Å². The summed E-state index contributed by atoms with van der Waals surface area (Å²) < 4.78 is 0. The van der Waals surface area contributed by atoms with E-state index in [-0.39, 0.29) is 6.04 Å². The van der Waals surface area contributed by atoms with Crippen LogP contribution in [0, 0.1) is 0 Å². The summed E-state index contributed by atoms with van der Waals surface area (Å²) in [6.45, 7) is 0. The molecule has 2 nitrogen and oxygen atoms in total. The molecule has 1 unspecified atom stereocenters. The molecule has 0 radical (unpaired) electrons. The van der Waals surface area contributed by atoms with E-state index in [1.165, 1.54) is 0 Å². The first-order chi connectivity index (χ1) is 3.93. The lowest BCUT2D eigenvalue weighted by Crippen LogP contribution is -2.06. The Hall–Kier alpha value is -0.920. The maximum atomic E-state index is 10.0. The summed E-state index contributed by atoms with van der Waals surface area (Å²) in [5, 5.41) is 0. The monoisotopic (exact) mass is 109 g/mol. The minimum Gasteiger partial charge on any atom is -0.301 e. The van der Waals surface area contributed by atoms with E-state index in [1.54, 1.807) is 6.21 Å². The molecular weight excluding hydrogens is 102 g/mol. The second kappa shape index (κ2) is 2.40. The predicted molar refractivity (Wildman–Crippen MR) is 32.1 cm³/mol. The van der Waals surface area contributed by atoms with Gasteiger partial charge in [0.2, 0.25) is 0 Å². The Balaban J connectivity index is 2.51. The van der Waals surface area contributed by atoms with Gasteiger partial charge in [-0.15, -0.1) is 0 Å². The Bertz CT molecular complexity index is 137. The number of carbonyl (C=O) groups excluding carboxylic acids is 1. The predicted octanol–water partition coefficient (Wildman–Crippen LogP) is 0.585. The molecule has 8 heavy (non-hydrogen) atoms. The largest absolute Gasteiger partial charge is 0.301 e. The summed E-state index contributed by atoms with van der Waals surface area (Å²) >= 11 is 0. The third-order valence-electron chi connectivity index (χ3n) is 1.03. The quantitative estimate of drug-likeness (QED) is 0.453. The molecule has 1 rings (SSSR count). The summed E-state index contributed by atoms with van der Waals surface area (Å²) in [7, 11) is 0. The highest BCUT2D eigenvalue weighted by Crippen LogP contribution is 1.98. The summed E-state index contributed by atoms with van der Waals surface area (Å²) in [4.78, 5) is 13.9. The molecule has 1 heterocycles. The van der Waals surface area contributed by atoms with Gasteiger partial charge in [-0.3, -0.25) is 4.99 Å². The normalized spacial score (nSPS) is 25.8. The van der Waals surface area contributed by atoms with Crippen LogP contribution in [-0.2, 0) is 4.79 Å². The number of hydrogen-bond donors (Lipinski definition) is 0. The Kier molecular flexibility index (Phi) is 1.57. The molecule has 0 saturated heterocycles. The second-order valence-corrected chi connectivity index (χ2v) is 1.67. The Morgan fingerprint density at radius 3 is 3.00 bits per heavy atom. The van der Waals surface area contributed by atoms with Crippen LogP contribution >= 0.6 is 0 Å². The maximum absolute atomic E-state index is 10.0. The van der Waals surface area contributed by atoms with Crippen molar-refractivity contribution in [3.8, 4) is 0 Å². The number of nitrogens with zero attached hydrogens (tertiary/aromatic N) is 1. The van der Waals surface area contributed by atoms with Crippen LogP contribution in [-0.4, -0.2) is 18.5 Å². The van der Waals surface area contributed by atoms with Crippen LogP contribution in [0.1, 0.15) is 6.42 Å². The van der Waals surface area contributed by atoms with E-state index >= 15 is 0 Å². The fraction of sp³-hybridized carbons (Fsp3) is 0.333. The molecule has 0 aromatic rings. The van der Waals surface area contributed by atoms with Gasteiger partial charge in [-0.2, -0.15) is 0 Å². The van der Waals surface area contributed by atoms with Crippen LogP contribution in [0.3, 0.4) is 0 Å². The molecule has 1 aliphatic rings. The summed E-state index contributed by atoms with van der Waals surface area (Å²) in [5.41, 5.74) is 0. The van der Waals surface area contributed by atoms with Gasteiger partial charge < -0.3 is 4.79 Å². The van der Waals surface area contributed by atoms with E-state index in [0.29, 0.717) is 0 Å². The van der Waals surface area contributed by atoms with Crippen LogP contribution in [0.4, 0.5) is 0 Å². The van der Waals surface area contributed by atoms with Crippen molar-refractivity contribution >= 4 is 12.5 Å². The van der Waals surface area contributed by atoms with Crippen molar-refractivity contribution in [2.24, 2.45) is 4.99 Å². The van der Waals surface area contributed by atoms with Crippen LogP contribution in [0.25, 0.3) is 0 Å². The molecular formula is C6H7NO. The average Bonchev–Trinajstić information content (AvgIpc) is 1.90. The molecule has 0 spiro atoms. The first-order valence-corrected chi connectivity index (χ1v) is 2.57. The molecule has 0 aliphatic carbocycles. The average molecular weight is 109 g/mol. The van der Waals surface area contributed by atoms with Gasteiger partial charge in [0.1, 0.15) is 12.3 Å². The number of aldehydes is 1. The van der Waals surface area contributed by atoms with E-state index in [4.69, 9.17) is 0 Å². The zero-order valence-corrected chi connectivity index (χ0v) is 4.45. The second-order valence-electron chi connectivity index (χ2n) is 1.67. The molecule has 1 atom stereocenters. The third-order valence-corrected chi connectivity index (χ3v) is 1.03. The molecule has 0 N–H and O–H groups in total.